The Morgan fingerprint density at radius 1 is 1.41 bits per heavy atom. The van der Waals surface area contributed by atoms with Crippen LogP contribution in [0.25, 0.3) is 11.4 Å². The zero-order valence-corrected chi connectivity index (χ0v) is 16.8. The van der Waals surface area contributed by atoms with Crippen LogP contribution in [0.15, 0.2) is 29.4 Å². The molecule has 2 heterocycles. The Labute approximate surface area is 163 Å². The van der Waals surface area contributed by atoms with Crippen LogP contribution in [-0.2, 0) is 16.1 Å². The van der Waals surface area contributed by atoms with E-state index in [9.17, 15) is 4.79 Å². The van der Waals surface area contributed by atoms with Crippen LogP contribution >= 0.6 is 11.8 Å². The highest BCUT2D eigenvalue weighted by molar-refractivity contribution is 8.00. The van der Waals surface area contributed by atoms with E-state index in [1.54, 1.807) is 7.11 Å². The molecule has 0 bridgehead atoms. The Kier molecular flexibility index (Phi) is 6.73. The number of carbonyl (C=O) groups excluding carboxylic acids is 1. The number of carbonyl (C=O) groups is 1. The summed E-state index contributed by atoms with van der Waals surface area (Å²) >= 11 is 1.42. The summed E-state index contributed by atoms with van der Waals surface area (Å²) in [7, 11) is 1.65. The highest BCUT2D eigenvalue weighted by Gasteiger charge is 2.24. The molecule has 27 heavy (non-hydrogen) atoms. The highest BCUT2D eigenvalue weighted by Crippen LogP contribution is 2.29. The average Bonchev–Trinajstić information content (AvgIpc) is 3.33. The number of nitrogens with zero attached hydrogens (tertiary/aromatic N) is 3. The molecule has 1 amide bonds. The standard InChI is InChI=1S/C19H26N4O3S/c1-4-20-18(24)13(2)27-19-22-21-17(14-7-9-15(25-3)10-8-14)23(19)12-16-6-5-11-26-16/h7-10,13,16H,4-6,11-12H2,1-3H3,(H,20,24)/t13-,16-/m1/s1. The molecule has 146 valence electrons. The fourth-order valence-corrected chi connectivity index (χ4v) is 3.90. The number of thioether (sulfide) groups is 1. The Balaban J connectivity index is 1.87. The summed E-state index contributed by atoms with van der Waals surface area (Å²) in [4.78, 5) is 12.1. The van der Waals surface area contributed by atoms with Gasteiger partial charge in [0.15, 0.2) is 11.0 Å². The number of amides is 1. The van der Waals surface area contributed by atoms with Crippen molar-refractivity contribution in [3.05, 3.63) is 24.3 Å². The van der Waals surface area contributed by atoms with Crippen molar-refractivity contribution >= 4 is 17.7 Å². The van der Waals surface area contributed by atoms with Crippen molar-refractivity contribution in [2.45, 2.75) is 49.7 Å². The summed E-state index contributed by atoms with van der Waals surface area (Å²) in [5, 5.41) is 12.1. The molecule has 8 heteroatoms. The molecule has 1 aliphatic heterocycles. The maximum absolute atomic E-state index is 12.1. The maximum atomic E-state index is 12.1. The normalized spacial score (nSPS) is 17.7. The molecule has 7 nitrogen and oxygen atoms in total. The molecule has 0 unspecified atom stereocenters. The molecule has 1 aromatic carbocycles. The van der Waals surface area contributed by atoms with Gasteiger partial charge in [-0.3, -0.25) is 9.36 Å². The van der Waals surface area contributed by atoms with Gasteiger partial charge in [0.2, 0.25) is 5.91 Å². The van der Waals surface area contributed by atoms with Crippen LogP contribution in [0.5, 0.6) is 5.75 Å². The number of hydrogen-bond donors (Lipinski definition) is 1. The van der Waals surface area contributed by atoms with Crippen molar-refractivity contribution in [1.82, 2.24) is 20.1 Å². The Bertz CT molecular complexity index is 757. The third-order valence-electron chi connectivity index (χ3n) is 4.48. The minimum Gasteiger partial charge on any atom is -0.497 e. The highest BCUT2D eigenvalue weighted by atomic mass is 32.2. The minimum absolute atomic E-state index is 0.000152. The predicted octanol–water partition coefficient (Wildman–Crippen LogP) is 2.75. The van der Waals surface area contributed by atoms with Crippen LogP contribution < -0.4 is 10.1 Å². The number of methoxy groups -OCH3 is 1. The molecule has 1 saturated heterocycles. The third-order valence-corrected chi connectivity index (χ3v) is 5.56. The summed E-state index contributed by atoms with van der Waals surface area (Å²) in [6, 6.07) is 7.75. The van der Waals surface area contributed by atoms with Gasteiger partial charge in [0.1, 0.15) is 5.75 Å². The molecule has 3 rings (SSSR count). The quantitative estimate of drug-likeness (QED) is 0.699. The third kappa shape index (κ3) is 4.81. The molecule has 2 aromatic rings. The molecule has 1 aromatic heterocycles. The topological polar surface area (TPSA) is 78.3 Å². The number of rotatable bonds is 8. The van der Waals surface area contributed by atoms with Crippen LogP contribution in [0, 0.1) is 0 Å². The lowest BCUT2D eigenvalue weighted by atomic mass is 10.2. The molecule has 0 saturated carbocycles. The number of aromatic nitrogens is 3. The summed E-state index contributed by atoms with van der Waals surface area (Å²) < 4.78 is 13.1. The summed E-state index contributed by atoms with van der Waals surface area (Å²) in [6.45, 7) is 5.88. The average molecular weight is 391 g/mol. The number of ether oxygens (including phenoxy) is 2. The van der Waals surface area contributed by atoms with E-state index in [0.29, 0.717) is 13.1 Å². The van der Waals surface area contributed by atoms with E-state index in [2.05, 4.69) is 20.1 Å². The van der Waals surface area contributed by atoms with Crippen LogP contribution in [0.1, 0.15) is 26.7 Å². The molecule has 2 atom stereocenters. The second-order valence-corrected chi connectivity index (χ2v) is 7.74. The minimum atomic E-state index is -0.249. The summed E-state index contributed by atoms with van der Waals surface area (Å²) in [6.07, 6.45) is 2.25. The van der Waals surface area contributed by atoms with E-state index in [4.69, 9.17) is 9.47 Å². The Morgan fingerprint density at radius 2 is 2.19 bits per heavy atom. The van der Waals surface area contributed by atoms with Crippen molar-refractivity contribution in [3.8, 4) is 17.1 Å². The van der Waals surface area contributed by atoms with Gasteiger partial charge >= 0.3 is 0 Å². The molecule has 0 aliphatic carbocycles. The zero-order chi connectivity index (χ0) is 19.2. The van der Waals surface area contributed by atoms with Crippen molar-refractivity contribution in [3.63, 3.8) is 0 Å². The van der Waals surface area contributed by atoms with Gasteiger partial charge in [0, 0.05) is 18.7 Å². The molecule has 1 fully saturated rings. The molecular weight excluding hydrogens is 364 g/mol. The van der Waals surface area contributed by atoms with Crippen molar-refractivity contribution in [1.29, 1.82) is 0 Å². The van der Waals surface area contributed by atoms with E-state index >= 15 is 0 Å². The largest absolute Gasteiger partial charge is 0.497 e. The first-order valence-corrected chi connectivity index (χ1v) is 10.1. The SMILES string of the molecule is CCNC(=O)[C@@H](C)Sc1nnc(-c2ccc(OC)cc2)n1C[C@H]1CCCO1. The van der Waals surface area contributed by atoms with Crippen molar-refractivity contribution < 1.29 is 14.3 Å². The molecule has 1 N–H and O–H groups in total. The molecule has 1 aliphatic rings. The second kappa shape index (κ2) is 9.23. The van der Waals surface area contributed by atoms with E-state index in [1.807, 2.05) is 38.1 Å². The lowest BCUT2D eigenvalue weighted by Gasteiger charge is -2.16. The van der Waals surface area contributed by atoms with Gasteiger partial charge in [-0.2, -0.15) is 0 Å². The first-order valence-electron chi connectivity index (χ1n) is 9.26. The number of hydrogen-bond acceptors (Lipinski definition) is 6. The van der Waals surface area contributed by atoms with E-state index < -0.39 is 0 Å². The predicted molar refractivity (Wildman–Crippen MR) is 105 cm³/mol. The first kappa shape index (κ1) is 19.7. The molecule has 0 radical (unpaired) electrons. The zero-order valence-electron chi connectivity index (χ0n) is 16.0. The molecule has 0 spiro atoms. The monoisotopic (exact) mass is 390 g/mol. The van der Waals surface area contributed by atoms with Crippen LogP contribution in [0.2, 0.25) is 0 Å². The number of nitrogens with one attached hydrogen (secondary N) is 1. The van der Waals surface area contributed by atoms with Gasteiger partial charge in [0.05, 0.1) is 25.0 Å². The molecular formula is C19H26N4O3S. The van der Waals surface area contributed by atoms with Gasteiger partial charge in [-0.15, -0.1) is 10.2 Å². The Hall–Kier alpha value is -2.06. The Morgan fingerprint density at radius 3 is 2.81 bits per heavy atom. The smallest absolute Gasteiger partial charge is 0.233 e. The van der Waals surface area contributed by atoms with Gasteiger partial charge in [0.25, 0.3) is 0 Å². The van der Waals surface area contributed by atoms with Crippen LogP contribution in [0.4, 0.5) is 0 Å². The lowest BCUT2D eigenvalue weighted by molar-refractivity contribution is -0.120. The van der Waals surface area contributed by atoms with Gasteiger partial charge in [-0.1, -0.05) is 11.8 Å². The lowest BCUT2D eigenvalue weighted by Crippen LogP contribution is -2.30. The summed E-state index contributed by atoms with van der Waals surface area (Å²) in [5.74, 6) is 1.57. The van der Waals surface area contributed by atoms with E-state index in [1.165, 1.54) is 11.8 Å². The summed E-state index contributed by atoms with van der Waals surface area (Å²) in [5.41, 5.74) is 0.957. The van der Waals surface area contributed by atoms with Gasteiger partial charge in [-0.25, -0.2) is 0 Å². The second-order valence-electron chi connectivity index (χ2n) is 6.43. The number of benzene rings is 1. The fraction of sp³-hybridized carbons (Fsp3) is 0.526. The van der Waals surface area contributed by atoms with Crippen molar-refractivity contribution in [2.24, 2.45) is 0 Å². The first-order chi connectivity index (χ1) is 13.1. The van der Waals surface area contributed by atoms with Gasteiger partial charge in [-0.05, 0) is 51.0 Å². The van der Waals surface area contributed by atoms with E-state index in [-0.39, 0.29) is 17.3 Å². The fourth-order valence-electron chi connectivity index (χ4n) is 3.02. The van der Waals surface area contributed by atoms with Crippen molar-refractivity contribution in [2.75, 3.05) is 20.3 Å². The van der Waals surface area contributed by atoms with E-state index in [0.717, 1.165) is 41.7 Å². The van der Waals surface area contributed by atoms with Crippen LogP contribution in [0.3, 0.4) is 0 Å². The van der Waals surface area contributed by atoms with Gasteiger partial charge < -0.3 is 14.8 Å². The maximum Gasteiger partial charge on any atom is 0.233 e. The van der Waals surface area contributed by atoms with Crippen LogP contribution in [-0.4, -0.2) is 52.3 Å².